The highest BCUT2D eigenvalue weighted by atomic mass is 35.5. The molecule has 2 aromatic rings. The van der Waals surface area contributed by atoms with Crippen molar-refractivity contribution in [1.29, 1.82) is 0 Å². The van der Waals surface area contributed by atoms with Crippen molar-refractivity contribution in [3.63, 3.8) is 0 Å². The van der Waals surface area contributed by atoms with Crippen LogP contribution >= 0.6 is 23.2 Å². The van der Waals surface area contributed by atoms with Gasteiger partial charge in [0.15, 0.2) is 0 Å². The summed E-state index contributed by atoms with van der Waals surface area (Å²) < 4.78 is 13.3. The van der Waals surface area contributed by atoms with Crippen LogP contribution in [0.1, 0.15) is 5.56 Å². The lowest BCUT2D eigenvalue weighted by Crippen LogP contribution is -2.01. The molecule has 0 bridgehead atoms. The first-order valence-electron chi connectivity index (χ1n) is 5.58. The third-order valence-electron chi connectivity index (χ3n) is 2.57. The van der Waals surface area contributed by atoms with Gasteiger partial charge in [-0.05, 0) is 29.8 Å². The van der Waals surface area contributed by atoms with Gasteiger partial charge in [0.2, 0.25) is 0 Å². The molecule has 0 atom stereocenters. The van der Waals surface area contributed by atoms with E-state index in [0.717, 1.165) is 6.07 Å². The highest BCUT2D eigenvalue weighted by molar-refractivity contribution is 6.42. The molecule has 2 aromatic carbocycles. The second-order valence-electron chi connectivity index (χ2n) is 4.06. The zero-order chi connectivity index (χ0) is 14.7. The summed E-state index contributed by atoms with van der Waals surface area (Å²) in [6.45, 7) is 0.233. The number of anilines is 1. The number of nitro benzene ring substituents is 1. The molecule has 0 aliphatic rings. The predicted octanol–water partition coefficient (Wildman–Crippen LogP) is 4.65. The van der Waals surface area contributed by atoms with E-state index in [4.69, 9.17) is 23.2 Å². The second kappa shape index (κ2) is 6.07. The predicted molar refractivity (Wildman–Crippen MR) is 76.8 cm³/mol. The van der Waals surface area contributed by atoms with Gasteiger partial charge in [0, 0.05) is 18.3 Å². The molecular weight excluding hydrogens is 306 g/mol. The van der Waals surface area contributed by atoms with E-state index >= 15 is 0 Å². The van der Waals surface area contributed by atoms with E-state index < -0.39 is 10.7 Å². The van der Waals surface area contributed by atoms with Crippen molar-refractivity contribution in [3.8, 4) is 0 Å². The standard InChI is InChI=1S/C13H9Cl2FN2O2/c14-12-2-1-10(6-13(12)15)17-7-8-3-9(16)5-11(4-8)18(19)20/h1-6,17H,7H2. The van der Waals surface area contributed by atoms with Gasteiger partial charge in [-0.3, -0.25) is 10.1 Å². The van der Waals surface area contributed by atoms with Gasteiger partial charge in [-0.25, -0.2) is 4.39 Å². The van der Waals surface area contributed by atoms with Crippen molar-refractivity contribution < 1.29 is 9.31 Å². The zero-order valence-corrected chi connectivity index (χ0v) is 11.6. The van der Waals surface area contributed by atoms with Crippen molar-refractivity contribution >= 4 is 34.6 Å². The molecule has 7 heteroatoms. The van der Waals surface area contributed by atoms with Crippen LogP contribution in [0.3, 0.4) is 0 Å². The Labute approximate surface area is 124 Å². The quantitative estimate of drug-likeness (QED) is 0.660. The highest BCUT2D eigenvalue weighted by Crippen LogP contribution is 2.25. The van der Waals surface area contributed by atoms with Gasteiger partial charge >= 0.3 is 0 Å². The summed E-state index contributed by atoms with van der Waals surface area (Å²) >= 11 is 11.7. The number of nitrogens with one attached hydrogen (secondary N) is 1. The SMILES string of the molecule is O=[N+]([O-])c1cc(F)cc(CNc2ccc(Cl)c(Cl)c2)c1. The number of hydrogen-bond donors (Lipinski definition) is 1. The Bertz CT molecular complexity index is 665. The molecule has 20 heavy (non-hydrogen) atoms. The smallest absolute Gasteiger partial charge is 0.272 e. The van der Waals surface area contributed by atoms with Crippen LogP contribution in [0, 0.1) is 15.9 Å². The summed E-state index contributed by atoms with van der Waals surface area (Å²) in [5.74, 6) is -0.648. The van der Waals surface area contributed by atoms with Crippen LogP contribution in [-0.4, -0.2) is 4.92 Å². The fourth-order valence-electron chi connectivity index (χ4n) is 1.65. The van der Waals surface area contributed by atoms with Gasteiger partial charge < -0.3 is 5.32 Å². The summed E-state index contributed by atoms with van der Waals surface area (Å²) in [6, 6.07) is 8.38. The first-order chi connectivity index (χ1) is 9.45. The lowest BCUT2D eigenvalue weighted by molar-refractivity contribution is -0.385. The van der Waals surface area contributed by atoms with Gasteiger partial charge in [-0.1, -0.05) is 23.2 Å². The minimum absolute atomic E-state index is 0.233. The van der Waals surface area contributed by atoms with Crippen molar-refractivity contribution in [1.82, 2.24) is 0 Å². The molecule has 0 amide bonds. The Morgan fingerprint density at radius 3 is 2.55 bits per heavy atom. The summed E-state index contributed by atoms with van der Waals surface area (Å²) in [4.78, 5) is 10.0. The van der Waals surface area contributed by atoms with Crippen LogP contribution in [0.4, 0.5) is 15.8 Å². The van der Waals surface area contributed by atoms with Crippen LogP contribution in [0.25, 0.3) is 0 Å². The zero-order valence-electron chi connectivity index (χ0n) is 10.1. The molecule has 104 valence electrons. The molecule has 0 saturated carbocycles. The molecular formula is C13H9Cl2FN2O2. The van der Waals surface area contributed by atoms with Crippen LogP contribution in [0.2, 0.25) is 10.0 Å². The summed E-state index contributed by atoms with van der Waals surface area (Å²) in [5.41, 5.74) is 0.866. The fraction of sp³-hybridized carbons (Fsp3) is 0.0769. The van der Waals surface area contributed by atoms with Gasteiger partial charge in [0.05, 0.1) is 21.0 Å². The molecule has 0 aliphatic heterocycles. The average Bonchev–Trinajstić information content (AvgIpc) is 2.39. The normalized spacial score (nSPS) is 10.3. The minimum Gasteiger partial charge on any atom is -0.381 e. The van der Waals surface area contributed by atoms with E-state index in [2.05, 4.69) is 5.32 Å². The van der Waals surface area contributed by atoms with Crippen LogP contribution in [0.5, 0.6) is 0 Å². The van der Waals surface area contributed by atoms with Crippen molar-refractivity contribution in [2.24, 2.45) is 0 Å². The molecule has 1 N–H and O–H groups in total. The van der Waals surface area contributed by atoms with Crippen LogP contribution in [-0.2, 0) is 6.54 Å². The van der Waals surface area contributed by atoms with E-state index in [-0.39, 0.29) is 12.2 Å². The number of rotatable bonds is 4. The third-order valence-corrected chi connectivity index (χ3v) is 3.31. The number of halogens is 3. The number of nitro groups is 1. The van der Waals surface area contributed by atoms with Gasteiger partial charge in [0.25, 0.3) is 5.69 Å². The minimum atomic E-state index is -0.648. The van der Waals surface area contributed by atoms with E-state index in [1.807, 2.05) is 0 Å². The lowest BCUT2D eigenvalue weighted by atomic mass is 10.2. The number of non-ortho nitro benzene ring substituents is 1. The Balaban J connectivity index is 2.14. The summed E-state index contributed by atoms with van der Waals surface area (Å²) in [7, 11) is 0. The molecule has 0 radical (unpaired) electrons. The van der Waals surface area contributed by atoms with Gasteiger partial charge in [0.1, 0.15) is 5.82 Å². The summed E-state index contributed by atoms with van der Waals surface area (Å²) in [5, 5.41) is 14.5. The van der Waals surface area contributed by atoms with Crippen LogP contribution in [0.15, 0.2) is 36.4 Å². The summed E-state index contributed by atoms with van der Waals surface area (Å²) in [6.07, 6.45) is 0. The average molecular weight is 315 g/mol. The first kappa shape index (κ1) is 14.6. The van der Waals surface area contributed by atoms with Crippen molar-refractivity contribution in [2.75, 3.05) is 5.32 Å². The Morgan fingerprint density at radius 1 is 1.15 bits per heavy atom. The van der Waals surface area contributed by atoms with E-state index in [1.165, 1.54) is 12.1 Å². The monoisotopic (exact) mass is 314 g/mol. The van der Waals surface area contributed by atoms with E-state index in [9.17, 15) is 14.5 Å². The van der Waals surface area contributed by atoms with E-state index in [1.54, 1.807) is 18.2 Å². The largest absolute Gasteiger partial charge is 0.381 e. The lowest BCUT2D eigenvalue weighted by Gasteiger charge is -2.08. The van der Waals surface area contributed by atoms with Crippen molar-refractivity contribution in [2.45, 2.75) is 6.54 Å². The molecule has 0 unspecified atom stereocenters. The topological polar surface area (TPSA) is 55.2 Å². The maximum atomic E-state index is 13.3. The Hall–Kier alpha value is -1.85. The van der Waals surface area contributed by atoms with Crippen LogP contribution < -0.4 is 5.32 Å². The molecule has 0 fully saturated rings. The maximum absolute atomic E-state index is 13.3. The first-order valence-corrected chi connectivity index (χ1v) is 6.34. The van der Waals surface area contributed by atoms with Gasteiger partial charge in [-0.2, -0.15) is 0 Å². The molecule has 4 nitrogen and oxygen atoms in total. The molecule has 0 saturated heterocycles. The Kier molecular flexibility index (Phi) is 4.42. The Morgan fingerprint density at radius 2 is 1.90 bits per heavy atom. The number of nitrogens with zero attached hydrogens (tertiary/aromatic N) is 1. The van der Waals surface area contributed by atoms with E-state index in [0.29, 0.717) is 21.3 Å². The highest BCUT2D eigenvalue weighted by Gasteiger charge is 2.09. The molecule has 0 heterocycles. The molecule has 2 rings (SSSR count). The van der Waals surface area contributed by atoms with Crippen molar-refractivity contribution in [3.05, 3.63) is 67.9 Å². The van der Waals surface area contributed by atoms with Gasteiger partial charge in [-0.15, -0.1) is 0 Å². The molecule has 0 spiro atoms. The third kappa shape index (κ3) is 3.59. The number of benzene rings is 2. The second-order valence-corrected chi connectivity index (χ2v) is 4.87. The fourth-order valence-corrected chi connectivity index (χ4v) is 1.95. The molecule has 0 aliphatic carbocycles. The molecule has 0 aromatic heterocycles. The number of hydrogen-bond acceptors (Lipinski definition) is 3. The maximum Gasteiger partial charge on any atom is 0.272 e.